The van der Waals surface area contributed by atoms with Crippen LogP contribution < -0.4 is 14.8 Å². The third-order valence-electron chi connectivity index (χ3n) is 5.16. The molecule has 154 valence electrons. The molecule has 29 heavy (non-hydrogen) atoms. The van der Waals surface area contributed by atoms with Crippen molar-refractivity contribution in [3.8, 4) is 17.6 Å². The molecule has 0 unspecified atom stereocenters. The Bertz CT molecular complexity index is 917. The van der Waals surface area contributed by atoms with Crippen molar-refractivity contribution in [1.29, 1.82) is 5.26 Å². The highest BCUT2D eigenvalue weighted by Crippen LogP contribution is 2.37. The van der Waals surface area contributed by atoms with E-state index in [-0.39, 0.29) is 5.91 Å². The number of anilines is 1. The Hall–Kier alpha value is -2.56. The predicted octanol–water partition coefficient (Wildman–Crippen LogP) is 3.98. The molecular weight excluding hydrogens is 386 g/mol. The molecule has 2 aromatic rings. The molecule has 7 heteroatoms. The van der Waals surface area contributed by atoms with E-state index in [4.69, 9.17) is 9.47 Å². The van der Waals surface area contributed by atoms with Crippen molar-refractivity contribution < 1.29 is 14.3 Å². The Labute approximate surface area is 176 Å². The van der Waals surface area contributed by atoms with Crippen LogP contribution in [0.4, 0.5) is 5.00 Å². The van der Waals surface area contributed by atoms with Gasteiger partial charge in [-0.05, 0) is 56.0 Å². The monoisotopic (exact) mass is 413 g/mol. The van der Waals surface area contributed by atoms with E-state index < -0.39 is 0 Å². The van der Waals surface area contributed by atoms with Crippen molar-refractivity contribution in [2.24, 2.45) is 0 Å². The number of nitrogens with zero attached hydrogens (tertiary/aromatic N) is 2. The highest BCUT2D eigenvalue weighted by Gasteiger charge is 2.21. The Morgan fingerprint density at radius 1 is 1.24 bits per heavy atom. The Morgan fingerprint density at radius 2 is 2.00 bits per heavy atom. The number of thiophene rings is 1. The van der Waals surface area contributed by atoms with Gasteiger partial charge in [-0.15, -0.1) is 11.3 Å². The van der Waals surface area contributed by atoms with E-state index in [0.717, 1.165) is 36.8 Å². The molecule has 1 aromatic carbocycles. The summed E-state index contributed by atoms with van der Waals surface area (Å²) in [5.41, 5.74) is 2.89. The van der Waals surface area contributed by atoms with Crippen LogP contribution in [0, 0.1) is 11.3 Å². The van der Waals surface area contributed by atoms with Crippen LogP contribution in [-0.4, -0.2) is 38.6 Å². The van der Waals surface area contributed by atoms with Gasteiger partial charge in [-0.1, -0.05) is 6.07 Å². The first-order valence-electron chi connectivity index (χ1n) is 9.79. The molecule has 3 rings (SSSR count). The normalized spacial score (nSPS) is 12.9. The zero-order valence-electron chi connectivity index (χ0n) is 17.2. The number of nitrogens with one attached hydrogen (secondary N) is 1. The zero-order valence-corrected chi connectivity index (χ0v) is 18.0. The van der Waals surface area contributed by atoms with Gasteiger partial charge in [-0.25, -0.2) is 0 Å². The number of carbonyl (C=O) groups is 1. The van der Waals surface area contributed by atoms with Crippen LogP contribution in [0.3, 0.4) is 0 Å². The molecule has 0 aliphatic heterocycles. The summed E-state index contributed by atoms with van der Waals surface area (Å²) in [5, 5.41) is 13.2. The van der Waals surface area contributed by atoms with Crippen LogP contribution in [0.15, 0.2) is 18.2 Å². The SMILES string of the molecule is COc1ccc(CN(C)CCC(=O)Nc2sc3c(c2C#N)CCCC3)cc1OC. The van der Waals surface area contributed by atoms with Crippen molar-refractivity contribution >= 4 is 22.2 Å². The fourth-order valence-electron chi connectivity index (χ4n) is 3.62. The van der Waals surface area contributed by atoms with Gasteiger partial charge >= 0.3 is 0 Å². The second-order valence-electron chi connectivity index (χ2n) is 7.25. The van der Waals surface area contributed by atoms with Gasteiger partial charge in [-0.2, -0.15) is 5.26 Å². The third-order valence-corrected chi connectivity index (χ3v) is 6.36. The number of benzene rings is 1. The molecule has 1 aromatic heterocycles. The fourth-order valence-corrected chi connectivity index (χ4v) is 4.88. The third kappa shape index (κ3) is 5.08. The van der Waals surface area contributed by atoms with Crippen LogP contribution in [0.25, 0.3) is 0 Å². The van der Waals surface area contributed by atoms with Gasteiger partial charge in [0.15, 0.2) is 11.5 Å². The van der Waals surface area contributed by atoms with Crippen molar-refractivity contribution in [1.82, 2.24) is 4.90 Å². The number of methoxy groups -OCH3 is 2. The Kier molecular flexibility index (Phi) is 7.13. The first-order chi connectivity index (χ1) is 14.0. The number of carbonyl (C=O) groups excluding carboxylic acids is 1. The van der Waals surface area contributed by atoms with Gasteiger partial charge in [0.25, 0.3) is 0 Å². The van der Waals surface area contributed by atoms with E-state index in [0.29, 0.717) is 41.6 Å². The minimum absolute atomic E-state index is 0.0562. The van der Waals surface area contributed by atoms with Gasteiger partial charge < -0.3 is 19.7 Å². The number of fused-ring (bicyclic) bond motifs is 1. The first kappa shape index (κ1) is 21.2. The molecule has 1 N–H and O–H groups in total. The average molecular weight is 414 g/mol. The number of nitriles is 1. The molecule has 0 spiro atoms. The minimum atomic E-state index is -0.0562. The minimum Gasteiger partial charge on any atom is -0.493 e. The van der Waals surface area contributed by atoms with E-state index in [1.165, 1.54) is 4.88 Å². The number of hydrogen-bond acceptors (Lipinski definition) is 6. The number of hydrogen-bond donors (Lipinski definition) is 1. The standard InChI is InChI=1S/C22H27N3O3S/c1-25(14-15-8-9-18(27-2)19(12-15)28-3)11-10-21(26)24-22-17(13-23)16-6-4-5-7-20(16)29-22/h8-9,12H,4-7,10-11,14H2,1-3H3,(H,24,26). The van der Waals surface area contributed by atoms with Crippen LogP contribution in [0.5, 0.6) is 11.5 Å². The fraction of sp³-hybridized carbons (Fsp3) is 0.455. The van der Waals surface area contributed by atoms with Gasteiger partial charge in [0.2, 0.25) is 5.91 Å². The van der Waals surface area contributed by atoms with E-state index in [1.807, 2.05) is 25.2 Å². The topological polar surface area (TPSA) is 74.6 Å². The van der Waals surface area contributed by atoms with Crippen LogP contribution in [0.1, 0.15) is 40.8 Å². The van der Waals surface area contributed by atoms with Crippen LogP contribution in [0.2, 0.25) is 0 Å². The summed E-state index contributed by atoms with van der Waals surface area (Å²) in [6.45, 7) is 1.32. The predicted molar refractivity (Wildman–Crippen MR) is 115 cm³/mol. The van der Waals surface area contributed by atoms with E-state index in [2.05, 4.69) is 16.3 Å². The summed E-state index contributed by atoms with van der Waals surface area (Å²) >= 11 is 1.57. The van der Waals surface area contributed by atoms with Gasteiger partial charge in [0.1, 0.15) is 11.1 Å². The molecule has 1 heterocycles. The highest BCUT2D eigenvalue weighted by atomic mass is 32.1. The maximum Gasteiger partial charge on any atom is 0.226 e. The molecular formula is C22H27N3O3S. The Morgan fingerprint density at radius 3 is 2.72 bits per heavy atom. The highest BCUT2D eigenvalue weighted by molar-refractivity contribution is 7.16. The zero-order chi connectivity index (χ0) is 20.8. The van der Waals surface area contributed by atoms with Crippen molar-refractivity contribution in [3.05, 3.63) is 39.8 Å². The molecule has 6 nitrogen and oxygen atoms in total. The van der Waals surface area contributed by atoms with Crippen molar-refractivity contribution in [2.45, 2.75) is 38.6 Å². The quantitative estimate of drug-likeness (QED) is 0.709. The largest absolute Gasteiger partial charge is 0.493 e. The number of amides is 1. The summed E-state index contributed by atoms with van der Waals surface area (Å²) < 4.78 is 10.6. The molecule has 0 atom stereocenters. The number of rotatable bonds is 8. The molecule has 1 amide bonds. The maximum absolute atomic E-state index is 12.5. The molecule has 0 fully saturated rings. The summed E-state index contributed by atoms with van der Waals surface area (Å²) in [7, 11) is 5.21. The smallest absolute Gasteiger partial charge is 0.226 e. The molecule has 0 saturated carbocycles. The Balaban J connectivity index is 1.55. The molecule has 1 aliphatic carbocycles. The van der Waals surface area contributed by atoms with Crippen LogP contribution >= 0.6 is 11.3 Å². The lowest BCUT2D eigenvalue weighted by atomic mass is 9.96. The lowest BCUT2D eigenvalue weighted by molar-refractivity contribution is -0.116. The van der Waals surface area contributed by atoms with Gasteiger partial charge in [-0.3, -0.25) is 4.79 Å². The van der Waals surface area contributed by atoms with Gasteiger partial charge in [0.05, 0.1) is 19.8 Å². The second kappa shape index (κ2) is 9.77. The second-order valence-corrected chi connectivity index (χ2v) is 8.36. The van der Waals surface area contributed by atoms with E-state index in [9.17, 15) is 10.1 Å². The average Bonchev–Trinajstić information content (AvgIpc) is 3.08. The summed E-state index contributed by atoms with van der Waals surface area (Å²) in [6.07, 6.45) is 4.61. The molecule has 0 saturated heterocycles. The lowest BCUT2D eigenvalue weighted by Crippen LogP contribution is -2.24. The maximum atomic E-state index is 12.5. The molecule has 0 radical (unpaired) electrons. The summed E-state index contributed by atoms with van der Waals surface area (Å²) in [4.78, 5) is 15.8. The summed E-state index contributed by atoms with van der Waals surface area (Å²) in [6, 6.07) is 8.12. The van der Waals surface area contributed by atoms with E-state index in [1.54, 1.807) is 25.6 Å². The number of aryl methyl sites for hydroxylation is 1. The first-order valence-corrected chi connectivity index (χ1v) is 10.6. The molecule has 0 bridgehead atoms. The van der Waals surface area contributed by atoms with Gasteiger partial charge in [0, 0.05) is 24.4 Å². The summed E-state index contributed by atoms with van der Waals surface area (Å²) in [5.74, 6) is 1.34. The van der Waals surface area contributed by atoms with E-state index >= 15 is 0 Å². The molecule has 1 aliphatic rings. The lowest BCUT2D eigenvalue weighted by Gasteiger charge is -2.17. The van der Waals surface area contributed by atoms with Crippen molar-refractivity contribution in [2.75, 3.05) is 33.1 Å². The number of ether oxygens (including phenoxy) is 2. The van der Waals surface area contributed by atoms with Crippen LogP contribution in [-0.2, 0) is 24.2 Å². The van der Waals surface area contributed by atoms with Crippen molar-refractivity contribution in [3.63, 3.8) is 0 Å².